The van der Waals surface area contributed by atoms with Crippen LogP contribution in [0.2, 0.25) is 0 Å². The summed E-state index contributed by atoms with van der Waals surface area (Å²) in [7, 11) is 0. The molecule has 2 atom stereocenters. The van der Waals surface area contributed by atoms with E-state index in [9.17, 15) is 0 Å². The van der Waals surface area contributed by atoms with Crippen LogP contribution >= 0.6 is 12.1 Å². The molecule has 2 rings (SSSR count). The van der Waals surface area contributed by atoms with Crippen molar-refractivity contribution in [3.05, 3.63) is 30.1 Å². The summed E-state index contributed by atoms with van der Waals surface area (Å²) in [6.07, 6.45) is 8.65. The maximum absolute atomic E-state index is 5.89. The molecular weight excluding hydrogens is 246 g/mol. The highest BCUT2D eigenvalue weighted by Crippen LogP contribution is 2.25. The highest BCUT2D eigenvalue weighted by Gasteiger charge is 2.29. The first kappa shape index (κ1) is 13.8. The van der Waals surface area contributed by atoms with Gasteiger partial charge in [0.1, 0.15) is 6.23 Å². The summed E-state index contributed by atoms with van der Waals surface area (Å²) in [4.78, 5) is 4.15. The molecule has 2 unspecified atom stereocenters. The SMILES string of the molecule is CCCCCCOC1NSNC1c1cccnc1. The molecule has 1 aliphatic heterocycles. The van der Waals surface area contributed by atoms with Crippen molar-refractivity contribution in [2.75, 3.05) is 6.61 Å². The fourth-order valence-electron chi connectivity index (χ4n) is 1.96. The number of aromatic nitrogens is 1. The lowest BCUT2D eigenvalue weighted by Gasteiger charge is -2.18. The molecule has 0 aliphatic carbocycles. The average Bonchev–Trinajstić information content (AvgIpc) is 2.88. The highest BCUT2D eigenvalue weighted by atomic mass is 32.2. The van der Waals surface area contributed by atoms with Crippen LogP contribution in [0.5, 0.6) is 0 Å². The first-order valence-electron chi connectivity index (χ1n) is 6.60. The summed E-state index contributed by atoms with van der Waals surface area (Å²) in [5.41, 5.74) is 1.16. The van der Waals surface area contributed by atoms with Crippen LogP contribution in [0.25, 0.3) is 0 Å². The van der Waals surface area contributed by atoms with Crippen LogP contribution in [0.4, 0.5) is 0 Å². The molecule has 4 nitrogen and oxygen atoms in total. The molecule has 1 saturated heterocycles. The summed E-state index contributed by atoms with van der Waals surface area (Å²) in [5, 5.41) is 0. The topological polar surface area (TPSA) is 46.2 Å². The van der Waals surface area contributed by atoms with Gasteiger partial charge < -0.3 is 4.74 Å². The van der Waals surface area contributed by atoms with E-state index in [-0.39, 0.29) is 12.3 Å². The van der Waals surface area contributed by atoms with Crippen molar-refractivity contribution in [3.63, 3.8) is 0 Å². The third kappa shape index (κ3) is 3.95. The molecule has 0 spiro atoms. The second-order valence-electron chi connectivity index (χ2n) is 4.45. The standard InChI is InChI=1S/C13H21N3OS/c1-2-3-4-5-9-17-13-12(15-18-16-13)11-7-6-8-14-10-11/h6-8,10,12-13,15-16H,2-5,9H2,1H3. The summed E-state index contributed by atoms with van der Waals surface area (Å²) in [5.74, 6) is 0. The van der Waals surface area contributed by atoms with E-state index in [2.05, 4.69) is 27.4 Å². The molecular formula is C13H21N3OS. The Bertz CT molecular complexity index is 336. The molecule has 2 heterocycles. The maximum atomic E-state index is 5.89. The molecule has 1 aromatic rings. The van der Waals surface area contributed by atoms with Gasteiger partial charge in [0, 0.05) is 31.1 Å². The molecule has 1 fully saturated rings. The molecule has 18 heavy (non-hydrogen) atoms. The number of hydrogen-bond acceptors (Lipinski definition) is 5. The second kappa shape index (κ2) is 7.74. The van der Waals surface area contributed by atoms with Crippen molar-refractivity contribution >= 4 is 12.1 Å². The van der Waals surface area contributed by atoms with Crippen molar-refractivity contribution in [1.82, 2.24) is 14.4 Å². The minimum absolute atomic E-state index is 0.0285. The van der Waals surface area contributed by atoms with Gasteiger partial charge in [-0.05, 0) is 18.1 Å². The molecule has 0 aromatic carbocycles. The number of ether oxygens (including phenoxy) is 1. The molecule has 0 radical (unpaired) electrons. The molecule has 1 aromatic heterocycles. The Hall–Kier alpha value is -0.620. The largest absolute Gasteiger partial charge is 0.360 e. The predicted molar refractivity (Wildman–Crippen MR) is 74.7 cm³/mol. The van der Waals surface area contributed by atoms with Gasteiger partial charge in [-0.3, -0.25) is 4.98 Å². The molecule has 0 saturated carbocycles. The normalized spacial score (nSPS) is 23.4. The lowest BCUT2D eigenvalue weighted by atomic mass is 10.1. The second-order valence-corrected chi connectivity index (χ2v) is 5.13. The first-order chi connectivity index (χ1) is 8.92. The first-order valence-corrected chi connectivity index (χ1v) is 7.42. The quantitative estimate of drug-likeness (QED) is 0.587. The number of rotatable bonds is 7. The summed E-state index contributed by atoms with van der Waals surface area (Å²) < 4.78 is 12.5. The molecule has 2 N–H and O–H groups in total. The van der Waals surface area contributed by atoms with E-state index in [1.807, 2.05) is 12.3 Å². The Morgan fingerprint density at radius 2 is 2.28 bits per heavy atom. The van der Waals surface area contributed by atoms with Gasteiger partial charge in [-0.15, -0.1) is 0 Å². The van der Waals surface area contributed by atoms with E-state index in [1.54, 1.807) is 6.20 Å². The van der Waals surface area contributed by atoms with Gasteiger partial charge in [-0.1, -0.05) is 32.3 Å². The smallest absolute Gasteiger partial charge is 0.138 e. The molecule has 5 heteroatoms. The fourth-order valence-corrected chi connectivity index (χ4v) is 2.73. The van der Waals surface area contributed by atoms with Crippen molar-refractivity contribution in [3.8, 4) is 0 Å². The monoisotopic (exact) mass is 267 g/mol. The van der Waals surface area contributed by atoms with Crippen molar-refractivity contribution < 1.29 is 4.74 Å². The lowest BCUT2D eigenvalue weighted by Crippen LogP contribution is -2.29. The van der Waals surface area contributed by atoms with Gasteiger partial charge in [-0.25, -0.2) is 9.44 Å². The number of nitrogens with one attached hydrogen (secondary N) is 2. The van der Waals surface area contributed by atoms with Crippen LogP contribution in [0, 0.1) is 0 Å². The van der Waals surface area contributed by atoms with Gasteiger partial charge in [-0.2, -0.15) is 0 Å². The summed E-state index contributed by atoms with van der Waals surface area (Å²) in [6, 6.07) is 4.21. The van der Waals surface area contributed by atoms with Crippen LogP contribution in [0.15, 0.2) is 24.5 Å². The average molecular weight is 267 g/mol. The van der Waals surface area contributed by atoms with Gasteiger partial charge in [0.15, 0.2) is 0 Å². The Morgan fingerprint density at radius 3 is 3.06 bits per heavy atom. The van der Waals surface area contributed by atoms with E-state index in [0.29, 0.717) is 0 Å². The summed E-state index contributed by atoms with van der Waals surface area (Å²) in [6.45, 7) is 3.04. The highest BCUT2D eigenvalue weighted by molar-refractivity contribution is 7.95. The van der Waals surface area contributed by atoms with E-state index >= 15 is 0 Å². The van der Waals surface area contributed by atoms with Gasteiger partial charge in [0.25, 0.3) is 0 Å². The third-order valence-corrected chi connectivity index (χ3v) is 3.72. The predicted octanol–water partition coefficient (Wildman–Crippen LogP) is 2.80. The van der Waals surface area contributed by atoms with E-state index in [4.69, 9.17) is 4.74 Å². The van der Waals surface area contributed by atoms with E-state index in [0.717, 1.165) is 18.6 Å². The zero-order valence-electron chi connectivity index (χ0n) is 10.8. The van der Waals surface area contributed by atoms with Crippen LogP contribution in [0.1, 0.15) is 44.2 Å². The van der Waals surface area contributed by atoms with Crippen LogP contribution < -0.4 is 9.44 Å². The molecule has 0 amide bonds. The van der Waals surface area contributed by atoms with Crippen molar-refractivity contribution in [1.29, 1.82) is 0 Å². The Kier molecular flexibility index (Phi) is 5.93. The maximum Gasteiger partial charge on any atom is 0.138 e. The van der Waals surface area contributed by atoms with Crippen LogP contribution in [-0.2, 0) is 4.74 Å². The molecule has 1 aliphatic rings. The Labute approximate surface area is 113 Å². The van der Waals surface area contributed by atoms with E-state index < -0.39 is 0 Å². The molecule has 100 valence electrons. The van der Waals surface area contributed by atoms with Gasteiger partial charge in [0.05, 0.1) is 6.04 Å². The molecule has 0 bridgehead atoms. The van der Waals surface area contributed by atoms with Crippen LogP contribution in [0.3, 0.4) is 0 Å². The summed E-state index contributed by atoms with van der Waals surface area (Å²) >= 11 is 1.50. The number of hydrogen-bond donors (Lipinski definition) is 2. The zero-order valence-corrected chi connectivity index (χ0v) is 11.6. The minimum Gasteiger partial charge on any atom is -0.360 e. The Morgan fingerprint density at radius 1 is 1.33 bits per heavy atom. The minimum atomic E-state index is 0.0285. The lowest BCUT2D eigenvalue weighted by molar-refractivity contribution is 0.0312. The number of pyridine rings is 1. The number of unbranched alkanes of at least 4 members (excludes halogenated alkanes) is 3. The fraction of sp³-hybridized carbons (Fsp3) is 0.615. The number of nitrogens with zero attached hydrogens (tertiary/aromatic N) is 1. The Balaban J connectivity index is 1.77. The van der Waals surface area contributed by atoms with Crippen molar-refractivity contribution in [2.45, 2.75) is 44.9 Å². The van der Waals surface area contributed by atoms with Crippen LogP contribution in [-0.4, -0.2) is 17.8 Å². The third-order valence-electron chi connectivity index (χ3n) is 3.00. The van der Waals surface area contributed by atoms with Gasteiger partial charge in [0.2, 0.25) is 0 Å². The van der Waals surface area contributed by atoms with Gasteiger partial charge >= 0.3 is 0 Å². The zero-order chi connectivity index (χ0) is 12.6. The van der Waals surface area contributed by atoms with Crippen molar-refractivity contribution in [2.24, 2.45) is 0 Å². The van der Waals surface area contributed by atoms with E-state index in [1.165, 1.54) is 31.4 Å².